The van der Waals surface area contributed by atoms with Crippen molar-refractivity contribution in [2.24, 2.45) is 0 Å². The van der Waals surface area contributed by atoms with Gasteiger partial charge in [-0.15, -0.1) is 0 Å². The maximum Gasteiger partial charge on any atom is 2.00 e. The summed E-state index contributed by atoms with van der Waals surface area (Å²) >= 11 is 0. The van der Waals surface area contributed by atoms with Crippen LogP contribution in [0.4, 0.5) is 0 Å². The monoisotopic (exact) mass is 900 g/mol. The number of benzene rings is 4. The molecule has 0 amide bonds. The summed E-state index contributed by atoms with van der Waals surface area (Å²) < 4.78 is 45.7. The number of ether oxygens (including phenoxy) is 8. The van der Waals surface area contributed by atoms with Crippen molar-refractivity contribution in [3.63, 3.8) is 0 Å². The molecule has 0 fully saturated rings. The first kappa shape index (κ1) is 43.9. The smallest absolute Gasteiger partial charge is 0.490 e. The number of hydrogen-bond donors (Lipinski definition) is 0. The minimum Gasteiger partial charge on any atom is -0.490 e. The SMILES string of the molecule is COCCOCCOCCOc1ccc(OCCOCCOCCOC)c2c3nc4nc(nc5[n-]c(nc6nc(nc([n-]3)c12)-c1ccccc1-6)c1ccccc51)-c1ccccc1-4.[Zn+2]. The number of nitrogens with zero attached hydrogens (tertiary/aromatic N) is 8. The topological polar surface area (TPSA) is 179 Å². The average molecular weight is 902 g/mol. The number of aromatic nitrogens is 8. The molecule has 5 heterocycles. The first-order chi connectivity index (χ1) is 30.7. The van der Waals surface area contributed by atoms with Gasteiger partial charge in [-0.3, -0.25) is 0 Å². The maximum absolute atomic E-state index is 6.44. The Morgan fingerprint density at radius 2 is 0.683 bits per heavy atom. The molecular weight excluding hydrogens is 858 g/mol. The molecule has 17 heteroatoms. The first-order valence-corrected chi connectivity index (χ1v) is 20.4. The van der Waals surface area contributed by atoms with E-state index in [0.29, 0.717) is 134 Å². The molecule has 0 radical (unpaired) electrons. The number of fused-ring (bicyclic) bond motifs is 20. The third-order valence-corrected chi connectivity index (χ3v) is 10.1. The van der Waals surface area contributed by atoms with Crippen LogP contribution < -0.4 is 19.4 Å². The summed E-state index contributed by atoms with van der Waals surface area (Å²) in [7, 11) is 3.28. The molecule has 4 aromatic carbocycles. The Kier molecular flexibility index (Phi) is 14.7. The van der Waals surface area contributed by atoms with Gasteiger partial charge in [-0.05, 0) is 22.9 Å². The largest absolute Gasteiger partial charge is 2.00 e. The molecule has 9 rings (SSSR count). The predicted octanol–water partition coefficient (Wildman–Crippen LogP) is 6.24. The summed E-state index contributed by atoms with van der Waals surface area (Å²) in [4.78, 5) is 40.4. The summed E-state index contributed by atoms with van der Waals surface area (Å²) in [6.45, 7) is 4.88. The second-order valence-electron chi connectivity index (χ2n) is 14.1. The molecule has 16 nitrogen and oxygen atoms in total. The van der Waals surface area contributed by atoms with Gasteiger partial charge >= 0.3 is 19.5 Å². The van der Waals surface area contributed by atoms with Crippen molar-refractivity contribution < 1.29 is 57.4 Å². The standard InChI is InChI=1S/C46H44N8O8.Zn/c1-55-17-19-57-21-23-59-25-27-61-35-15-16-36(62-28-26-60-24-22-58-20-18-56-2)38-37(35)45-52-43-33-13-7-5-11-31(33)41(50-43)48-39-29-9-3-4-10-30(29)40(47-39)49-42-32-12-6-8-14-34(32)44(51-42)53-46(38)54-45;/h3-16H,17-28H2,1-2H3;/q-2;+2. The Bertz CT molecular complexity index is 2670. The fourth-order valence-corrected chi connectivity index (χ4v) is 7.17. The van der Waals surface area contributed by atoms with Crippen LogP contribution in [-0.4, -0.2) is 123 Å². The van der Waals surface area contributed by atoms with Crippen LogP contribution in [0, 0.1) is 0 Å². The number of rotatable bonds is 20. The van der Waals surface area contributed by atoms with Crippen LogP contribution in [0.25, 0.3) is 89.7 Å². The Hall–Kier alpha value is -5.78. The molecule has 0 saturated carbocycles. The quantitative estimate of drug-likeness (QED) is 0.0619. The van der Waals surface area contributed by atoms with Gasteiger partial charge in [-0.1, -0.05) is 72.8 Å². The van der Waals surface area contributed by atoms with Gasteiger partial charge in [0, 0.05) is 69.8 Å². The molecule has 3 aromatic heterocycles. The van der Waals surface area contributed by atoms with Gasteiger partial charge in [0.2, 0.25) is 0 Å². The molecule has 8 bridgehead atoms. The van der Waals surface area contributed by atoms with Gasteiger partial charge in [0.05, 0.1) is 89.4 Å². The average Bonchev–Trinajstić information content (AvgIpc) is 4.04. The van der Waals surface area contributed by atoms with Crippen LogP contribution >= 0.6 is 0 Å². The van der Waals surface area contributed by atoms with Crippen LogP contribution in [0.1, 0.15) is 0 Å². The van der Waals surface area contributed by atoms with Crippen molar-refractivity contribution in [1.29, 1.82) is 0 Å². The molecule has 0 aliphatic carbocycles. The minimum atomic E-state index is 0. The number of hydrogen-bond acceptors (Lipinski definition) is 14. The summed E-state index contributed by atoms with van der Waals surface area (Å²) in [6, 6.07) is 27.2. The van der Waals surface area contributed by atoms with E-state index in [1.165, 1.54) is 0 Å². The van der Waals surface area contributed by atoms with Crippen LogP contribution in [0.2, 0.25) is 0 Å². The van der Waals surface area contributed by atoms with Gasteiger partial charge < -0.3 is 67.8 Å². The zero-order valence-corrected chi connectivity index (χ0v) is 38.1. The van der Waals surface area contributed by atoms with E-state index in [1.54, 1.807) is 14.2 Å². The minimum absolute atomic E-state index is 0. The van der Waals surface area contributed by atoms with Gasteiger partial charge in [0.25, 0.3) is 0 Å². The Morgan fingerprint density at radius 1 is 0.365 bits per heavy atom. The molecule has 7 aromatic rings. The van der Waals surface area contributed by atoms with Crippen molar-refractivity contribution in [3.8, 4) is 57.1 Å². The van der Waals surface area contributed by atoms with Crippen molar-refractivity contribution in [1.82, 2.24) is 39.9 Å². The molecular formula is C46H44N8O8Zn. The van der Waals surface area contributed by atoms with Gasteiger partial charge in [-0.25, -0.2) is 9.97 Å². The van der Waals surface area contributed by atoms with E-state index in [1.807, 2.05) is 84.9 Å². The summed E-state index contributed by atoms with van der Waals surface area (Å²) in [5.41, 5.74) is 4.84. The second-order valence-corrected chi connectivity index (χ2v) is 14.1. The van der Waals surface area contributed by atoms with E-state index in [2.05, 4.69) is 0 Å². The Morgan fingerprint density at radius 3 is 1.06 bits per heavy atom. The van der Waals surface area contributed by atoms with E-state index < -0.39 is 0 Å². The van der Waals surface area contributed by atoms with E-state index >= 15 is 0 Å². The molecule has 2 aliphatic rings. The normalized spacial score (nSPS) is 11.7. The molecule has 0 N–H and O–H groups in total. The van der Waals surface area contributed by atoms with E-state index in [9.17, 15) is 0 Å². The van der Waals surface area contributed by atoms with E-state index in [4.69, 9.17) is 77.8 Å². The molecule has 63 heavy (non-hydrogen) atoms. The van der Waals surface area contributed by atoms with Crippen LogP contribution in [0.5, 0.6) is 11.5 Å². The fourth-order valence-electron chi connectivity index (χ4n) is 7.17. The van der Waals surface area contributed by atoms with Crippen LogP contribution in [0.3, 0.4) is 0 Å². The summed E-state index contributed by atoms with van der Waals surface area (Å²) in [5, 5.41) is 2.85. The third kappa shape index (κ3) is 9.75. The molecule has 0 atom stereocenters. The molecule has 2 aliphatic heterocycles. The van der Waals surface area contributed by atoms with Gasteiger partial charge in [0.1, 0.15) is 24.7 Å². The van der Waals surface area contributed by atoms with Gasteiger partial charge in [0.15, 0.2) is 0 Å². The zero-order valence-electron chi connectivity index (χ0n) is 35.1. The Labute approximate surface area is 375 Å². The van der Waals surface area contributed by atoms with Crippen molar-refractivity contribution in [2.75, 3.05) is 93.5 Å². The van der Waals surface area contributed by atoms with Crippen LogP contribution in [0.15, 0.2) is 84.9 Å². The van der Waals surface area contributed by atoms with Crippen LogP contribution in [-0.2, 0) is 47.9 Å². The second kappa shape index (κ2) is 21.1. The summed E-state index contributed by atoms with van der Waals surface area (Å²) in [6.07, 6.45) is 0. The zero-order chi connectivity index (χ0) is 42.1. The van der Waals surface area contributed by atoms with Gasteiger partial charge in [-0.2, -0.15) is 0 Å². The van der Waals surface area contributed by atoms with E-state index in [-0.39, 0.29) is 32.7 Å². The molecule has 0 spiro atoms. The van der Waals surface area contributed by atoms with Crippen molar-refractivity contribution >= 4 is 44.1 Å². The maximum atomic E-state index is 6.44. The first-order valence-electron chi connectivity index (χ1n) is 20.4. The molecule has 0 saturated heterocycles. The predicted molar refractivity (Wildman–Crippen MR) is 232 cm³/mol. The van der Waals surface area contributed by atoms with E-state index in [0.717, 1.165) is 33.0 Å². The molecule has 318 valence electrons. The summed E-state index contributed by atoms with van der Waals surface area (Å²) in [5.74, 6) is 2.81. The number of methoxy groups -OCH3 is 2. The fraction of sp³-hybridized carbons (Fsp3) is 0.304. The molecule has 0 unspecified atom stereocenters. The third-order valence-electron chi connectivity index (χ3n) is 10.1. The van der Waals surface area contributed by atoms with Crippen molar-refractivity contribution in [2.45, 2.75) is 0 Å². The van der Waals surface area contributed by atoms with Crippen molar-refractivity contribution in [3.05, 3.63) is 84.9 Å². The Balaban J connectivity index is 0.00000544.